The lowest BCUT2D eigenvalue weighted by atomic mass is 10.0. The molecule has 1 atom stereocenters. The molecule has 0 aliphatic carbocycles. The summed E-state index contributed by atoms with van der Waals surface area (Å²) in [4.78, 5) is 0. The van der Waals surface area contributed by atoms with Gasteiger partial charge < -0.3 is 20.3 Å². The fraction of sp³-hybridized carbons (Fsp3) is 0.455. The molecule has 1 rings (SSSR count). The zero-order valence-corrected chi connectivity index (χ0v) is 10.7. The molecular formula is C11H14ClF2NO3. The quantitative estimate of drug-likeness (QED) is 0.866. The van der Waals surface area contributed by atoms with E-state index in [4.69, 9.17) is 31.9 Å². The predicted octanol–water partition coefficient (Wildman–Crippen LogP) is 1.98. The second kappa shape index (κ2) is 5.69. The number of alkyl halides is 2. The maximum atomic E-state index is 13.3. The summed E-state index contributed by atoms with van der Waals surface area (Å²) in [6.45, 7) is -1.36. The molecule has 0 saturated heterocycles. The number of aliphatic hydroxyl groups excluding tert-OH is 1. The third kappa shape index (κ3) is 2.66. The molecular weight excluding hydrogens is 268 g/mol. The van der Waals surface area contributed by atoms with E-state index in [0.717, 1.165) is 0 Å². The van der Waals surface area contributed by atoms with E-state index in [1.54, 1.807) is 0 Å². The molecule has 1 aromatic carbocycles. The number of nitrogens with two attached hydrogens (primary N) is 1. The molecule has 0 radical (unpaired) electrons. The predicted molar refractivity (Wildman–Crippen MR) is 63.5 cm³/mol. The maximum absolute atomic E-state index is 13.3. The van der Waals surface area contributed by atoms with Crippen LogP contribution in [0.4, 0.5) is 8.78 Å². The van der Waals surface area contributed by atoms with Gasteiger partial charge >= 0.3 is 0 Å². The molecule has 0 saturated carbocycles. The highest BCUT2D eigenvalue weighted by atomic mass is 35.5. The van der Waals surface area contributed by atoms with Crippen molar-refractivity contribution in [2.24, 2.45) is 5.73 Å². The van der Waals surface area contributed by atoms with Gasteiger partial charge in [0.25, 0.3) is 5.92 Å². The molecule has 1 aromatic rings. The van der Waals surface area contributed by atoms with Crippen molar-refractivity contribution in [3.05, 3.63) is 22.7 Å². The molecule has 7 heteroatoms. The Morgan fingerprint density at radius 3 is 2.44 bits per heavy atom. The fourth-order valence-electron chi connectivity index (χ4n) is 1.47. The molecule has 0 heterocycles. The lowest BCUT2D eigenvalue weighted by Crippen LogP contribution is -2.36. The molecule has 0 fully saturated rings. The molecule has 102 valence electrons. The van der Waals surface area contributed by atoms with E-state index in [-0.39, 0.29) is 16.3 Å². The lowest BCUT2D eigenvalue weighted by Gasteiger charge is -2.23. The summed E-state index contributed by atoms with van der Waals surface area (Å²) in [5, 5.41) is 8.56. The SMILES string of the molecule is COc1ccc([C@@H](N)C(F)(F)CO)c(Cl)c1OC. The number of benzene rings is 1. The highest BCUT2D eigenvalue weighted by Crippen LogP contribution is 2.42. The van der Waals surface area contributed by atoms with Gasteiger partial charge in [-0.15, -0.1) is 0 Å². The highest BCUT2D eigenvalue weighted by molar-refractivity contribution is 6.33. The number of halogens is 3. The van der Waals surface area contributed by atoms with E-state index in [1.165, 1.54) is 26.4 Å². The first-order valence-corrected chi connectivity index (χ1v) is 5.41. The third-order valence-corrected chi connectivity index (χ3v) is 2.91. The highest BCUT2D eigenvalue weighted by Gasteiger charge is 2.39. The molecule has 0 bridgehead atoms. The van der Waals surface area contributed by atoms with Crippen LogP contribution in [0, 0.1) is 0 Å². The summed E-state index contributed by atoms with van der Waals surface area (Å²) in [7, 11) is 2.74. The second-order valence-corrected chi connectivity index (χ2v) is 3.98. The van der Waals surface area contributed by atoms with Crippen LogP contribution in [0.5, 0.6) is 11.5 Å². The van der Waals surface area contributed by atoms with E-state index in [1.807, 2.05) is 0 Å². The summed E-state index contributed by atoms with van der Waals surface area (Å²) in [5.41, 5.74) is 5.39. The van der Waals surface area contributed by atoms with Crippen LogP contribution in [0.15, 0.2) is 12.1 Å². The van der Waals surface area contributed by atoms with Crippen molar-refractivity contribution in [3.8, 4) is 11.5 Å². The molecule has 0 amide bonds. The first-order chi connectivity index (χ1) is 8.38. The minimum Gasteiger partial charge on any atom is -0.493 e. The van der Waals surface area contributed by atoms with Crippen LogP contribution < -0.4 is 15.2 Å². The first kappa shape index (κ1) is 14.9. The normalized spacial score (nSPS) is 13.3. The average Bonchev–Trinajstić information content (AvgIpc) is 2.37. The zero-order valence-electron chi connectivity index (χ0n) is 9.91. The van der Waals surface area contributed by atoms with Crippen molar-refractivity contribution in [1.29, 1.82) is 0 Å². The fourth-order valence-corrected chi connectivity index (χ4v) is 1.82. The van der Waals surface area contributed by atoms with Crippen molar-refractivity contribution >= 4 is 11.6 Å². The van der Waals surface area contributed by atoms with Crippen molar-refractivity contribution < 1.29 is 23.4 Å². The Morgan fingerprint density at radius 2 is 2.00 bits per heavy atom. The Labute approximate surface area is 108 Å². The van der Waals surface area contributed by atoms with E-state index in [0.29, 0.717) is 5.75 Å². The summed E-state index contributed by atoms with van der Waals surface area (Å²) in [6, 6.07) is 1.01. The molecule has 3 N–H and O–H groups in total. The summed E-state index contributed by atoms with van der Waals surface area (Å²) in [6.07, 6.45) is 0. The number of hydrogen-bond donors (Lipinski definition) is 2. The van der Waals surface area contributed by atoms with Crippen molar-refractivity contribution in [2.75, 3.05) is 20.8 Å². The van der Waals surface area contributed by atoms with Gasteiger partial charge in [-0.25, -0.2) is 8.78 Å². The van der Waals surface area contributed by atoms with Crippen molar-refractivity contribution in [3.63, 3.8) is 0 Å². The maximum Gasteiger partial charge on any atom is 0.289 e. The van der Waals surface area contributed by atoms with E-state index < -0.39 is 18.6 Å². The average molecular weight is 282 g/mol. The van der Waals surface area contributed by atoms with Crippen LogP contribution in [0.25, 0.3) is 0 Å². The Hall–Kier alpha value is -1.11. The van der Waals surface area contributed by atoms with Gasteiger partial charge in [-0.05, 0) is 11.6 Å². The van der Waals surface area contributed by atoms with E-state index in [9.17, 15) is 8.78 Å². The largest absolute Gasteiger partial charge is 0.493 e. The van der Waals surface area contributed by atoms with Gasteiger partial charge in [0.2, 0.25) is 0 Å². The van der Waals surface area contributed by atoms with Crippen LogP contribution in [0.3, 0.4) is 0 Å². The smallest absolute Gasteiger partial charge is 0.289 e. The van der Waals surface area contributed by atoms with Crippen LogP contribution in [0.2, 0.25) is 5.02 Å². The Morgan fingerprint density at radius 1 is 1.39 bits per heavy atom. The molecule has 0 aliphatic heterocycles. The van der Waals surface area contributed by atoms with E-state index >= 15 is 0 Å². The third-order valence-electron chi connectivity index (χ3n) is 2.52. The van der Waals surface area contributed by atoms with Crippen molar-refractivity contribution in [1.82, 2.24) is 0 Å². The van der Waals surface area contributed by atoms with Gasteiger partial charge in [-0.3, -0.25) is 0 Å². The van der Waals surface area contributed by atoms with Gasteiger partial charge in [0.05, 0.1) is 25.3 Å². The van der Waals surface area contributed by atoms with Crippen LogP contribution >= 0.6 is 11.6 Å². The Bertz CT molecular complexity index is 429. The van der Waals surface area contributed by atoms with Gasteiger partial charge in [-0.1, -0.05) is 17.7 Å². The van der Waals surface area contributed by atoms with Crippen LogP contribution in [0.1, 0.15) is 11.6 Å². The Balaban J connectivity index is 3.27. The molecule has 0 unspecified atom stereocenters. The topological polar surface area (TPSA) is 64.7 Å². The molecule has 0 aromatic heterocycles. The zero-order chi connectivity index (χ0) is 13.9. The molecule has 18 heavy (non-hydrogen) atoms. The minimum atomic E-state index is -3.47. The minimum absolute atomic E-state index is 0.0200. The van der Waals surface area contributed by atoms with E-state index in [2.05, 4.69) is 0 Å². The summed E-state index contributed by atoms with van der Waals surface area (Å²) < 4.78 is 36.6. The number of hydrogen-bond acceptors (Lipinski definition) is 4. The van der Waals surface area contributed by atoms with Crippen LogP contribution in [-0.2, 0) is 0 Å². The monoisotopic (exact) mass is 281 g/mol. The number of rotatable bonds is 5. The standard InChI is InChI=1S/C11H14ClF2NO3/c1-17-7-4-3-6(8(12)9(7)18-2)10(15)11(13,14)5-16/h3-4,10,16H,5,15H2,1-2H3/t10-/m1/s1. The lowest BCUT2D eigenvalue weighted by molar-refractivity contribution is -0.0711. The van der Waals surface area contributed by atoms with Gasteiger partial charge in [0.1, 0.15) is 6.61 Å². The number of ether oxygens (including phenoxy) is 2. The number of aliphatic hydroxyl groups is 1. The molecule has 4 nitrogen and oxygen atoms in total. The number of methoxy groups -OCH3 is 2. The van der Waals surface area contributed by atoms with Gasteiger partial charge in [0, 0.05) is 0 Å². The Kier molecular flexibility index (Phi) is 4.72. The van der Waals surface area contributed by atoms with Crippen molar-refractivity contribution in [2.45, 2.75) is 12.0 Å². The first-order valence-electron chi connectivity index (χ1n) is 5.03. The van der Waals surface area contributed by atoms with Crippen LogP contribution in [-0.4, -0.2) is 31.9 Å². The molecule has 0 aliphatic rings. The van der Waals surface area contributed by atoms with Gasteiger partial charge in [-0.2, -0.15) is 0 Å². The summed E-state index contributed by atoms with van der Waals surface area (Å²) in [5.74, 6) is -3.03. The molecule has 0 spiro atoms. The summed E-state index contributed by atoms with van der Waals surface area (Å²) >= 11 is 5.95. The second-order valence-electron chi connectivity index (χ2n) is 3.60. The van der Waals surface area contributed by atoms with Gasteiger partial charge in [0.15, 0.2) is 11.5 Å².